The Morgan fingerprint density at radius 3 is 1.16 bits per heavy atom. The first-order valence-corrected chi connectivity index (χ1v) is 14.2. The molecule has 1 atom stereocenters. The van der Waals surface area contributed by atoms with Crippen LogP contribution in [0.25, 0.3) is 0 Å². The molecule has 0 aromatic heterocycles. The Morgan fingerprint density at radius 1 is 0.545 bits per heavy atom. The summed E-state index contributed by atoms with van der Waals surface area (Å²) in [5.74, 6) is 0. The lowest BCUT2D eigenvalue weighted by molar-refractivity contribution is -0.0453. The molecular weight excluding hydrogens is 576 g/mol. The fourth-order valence-corrected chi connectivity index (χ4v) is 1.56. The fraction of sp³-hybridized carbons (Fsp3) is 0.625. The van der Waals surface area contributed by atoms with Gasteiger partial charge in [-0.3, -0.25) is 0 Å². The van der Waals surface area contributed by atoms with E-state index in [1.54, 1.807) is 43.4 Å². The lowest BCUT2D eigenvalue weighted by Crippen LogP contribution is -2.15. The first kappa shape index (κ1) is 54.4. The van der Waals surface area contributed by atoms with Crippen molar-refractivity contribution >= 4 is 0 Å². The highest BCUT2D eigenvalue weighted by molar-refractivity contribution is 4.69. The van der Waals surface area contributed by atoms with Crippen LogP contribution >= 0.6 is 0 Å². The molecule has 0 aliphatic heterocycles. The van der Waals surface area contributed by atoms with E-state index in [1.807, 2.05) is 6.92 Å². The summed E-state index contributed by atoms with van der Waals surface area (Å²) < 4.78 is 24.6. The lowest BCUT2D eigenvalue weighted by Gasteiger charge is -2.01. The summed E-state index contributed by atoms with van der Waals surface area (Å²) in [5.41, 5.74) is 0. The van der Waals surface area contributed by atoms with Gasteiger partial charge in [-0.15, -0.1) is 39.5 Å². The zero-order valence-electron chi connectivity index (χ0n) is 27.2. The summed E-state index contributed by atoms with van der Waals surface area (Å²) in [6.45, 7) is 29.2. The van der Waals surface area contributed by atoms with Crippen LogP contribution < -0.4 is 0 Å². The summed E-state index contributed by atoms with van der Waals surface area (Å²) >= 11 is 0. The third-order valence-electron chi connectivity index (χ3n) is 3.35. The summed E-state index contributed by atoms with van der Waals surface area (Å²) in [5, 5.41) is 57.1. The van der Waals surface area contributed by atoms with Crippen molar-refractivity contribution in [3.8, 4) is 0 Å². The summed E-state index contributed by atoms with van der Waals surface area (Å²) in [7, 11) is 0. The number of hydrogen-bond acceptors (Lipinski definition) is 12. The normalized spacial score (nSPS) is 9.89. The van der Waals surface area contributed by atoms with Gasteiger partial charge in [0.15, 0.2) is 6.29 Å². The summed E-state index contributed by atoms with van der Waals surface area (Å²) in [6.07, 6.45) is 9.08. The van der Waals surface area contributed by atoms with Crippen molar-refractivity contribution in [2.75, 3.05) is 85.9 Å². The van der Waals surface area contributed by atoms with E-state index in [9.17, 15) is 0 Å². The van der Waals surface area contributed by atoms with Crippen molar-refractivity contribution < 1.29 is 59.4 Å². The average Bonchev–Trinajstić information content (AvgIpc) is 3.00. The summed E-state index contributed by atoms with van der Waals surface area (Å²) in [6, 6.07) is 0. The SMILES string of the molecule is C=CCOCC(C)O.C=CCOCC=C.C=CCOCC=C.C=CCOCCOCCO.CCCC(O)O.OCC(O)CO. The van der Waals surface area contributed by atoms with Gasteiger partial charge in [-0.1, -0.05) is 49.8 Å². The topological polar surface area (TPSA) is 188 Å². The third kappa shape index (κ3) is 97.4. The Labute approximate surface area is 266 Å². The first-order chi connectivity index (χ1) is 21.1. The standard InChI is InChI=1S/C7H14O3.C6H12O2.2C6H10O.C4H10O2.C3H8O3/c1-2-4-9-6-7-10-5-3-8;1-3-4-8-5-6(2)7;2*1-3-5-7-6-4-2;1-2-3-4(5)6;4-1-3(6)2-5/h2,8H,1,3-7H2;3,6-7H,1,4-5H2,2H3;2*3-4H,1-2,5-6H2;4-6H,2-3H2,1H3;3-6H,1-2H2. The number of aliphatic hydroxyl groups is 7. The van der Waals surface area contributed by atoms with Crippen molar-refractivity contribution in [3.63, 3.8) is 0 Å². The average molecular weight is 641 g/mol. The van der Waals surface area contributed by atoms with Gasteiger partial charge in [0.05, 0.1) is 92.0 Å². The minimum absolute atomic E-state index is 0.0709. The molecule has 0 bridgehead atoms. The molecule has 1 unspecified atom stereocenters. The van der Waals surface area contributed by atoms with Crippen molar-refractivity contribution in [1.82, 2.24) is 0 Å². The van der Waals surface area contributed by atoms with Crippen LogP contribution in [0, 0.1) is 0 Å². The van der Waals surface area contributed by atoms with Crippen molar-refractivity contribution in [1.29, 1.82) is 0 Å². The van der Waals surface area contributed by atoms with Gasteiger partial charge >= 0.3 is 0 Å². The minimum Gasteiger partial charge on any atom is -0.394 e. The van der Waals surface area contributed by atoms with E-state index < -0.39 is 12.4 Å². The van der Waals surface area contributed by atoms with Crippen LogP contribution in [0.4, 0.5) is 0 Å². The van der Waals surface area contributed by atoms with Gasteiger partial charge < -0.3 is 59.4 Å². The van der Waals surface area contributed by atoms with E-state index in [-0.39, 0.29) is 25.9 Å². The molecule has 0 aliphatic carbocycles. The monoisotopic (exact) mass is 640 g/mol. The molecule has 0 saturated carbocycles. The Kier molecular flexibility index (Phi) is 74.5. The van der Waals surface area contributed by atoms with Gasteiger partial charge in [-0.2, -0.15) is 0 Å². The van der Waals surface area contributed by atoms with Crippen LogP contribution in [-0.4, -0.2) is 140 Å². The number of ether oxygens (including phenoxy) is 5. The smallest absolute Gasteiger partial charge is 0.151 e. The molecule has 0 aromatic carbocycles. The van der Waals surface area contributed by atoms with Gasteiger partial charge in [0.2, 0.25) is 0 Å². The van der Waals surface area contributed by atoms with E-state index in [4.69, 9.17) is 59.4 Å². The fourth-order valence-electron chi connectivity index (χ4n) is 1.56. The second kappa shape index (κ2) is 60.2. The number of hydrogen-bond donors (Lipinski definition) is 7. The van der Waals surface area contributed by atoms with Crippen molar-refractivity contribution in [2.45, 2.75) is 45.2 Å². The molecule has 264 valence electrons. The maximum Gasteiger partial charge on any atom is 0.151 e. The molecule has 0 rings (SSSR count). The molecule has 0 amide bonds. The maximum atomic E-state index is 8.62. The molecule has 7 N–H and O–H groups in total. The number of rotatable bonds is 23. The highest BCUT2D eigenvalue weighted by atomic mass is 16.5. The molecule has 0 saturated heterocycles. The van der Waals surface area contributed by atoms with E-state index in [2.05, 4.69) is 39.5 Å². The Hall–Kier alpha value is -2.04. The molecule has 0 aromatic rings. The second-order valence-electron chi connectivity index (χ2n) is 7.89. The van der Waals surface area contributed by atoms with Gasteiger partial charge in [0.1, 0.15) is 6.10 Å². The van der Waals surface area contributed by atoms with Crippen LogP contribution in [-0.2, 0) is 23.7 Å². The highest BCUT2D eigenvalue weighted by Gasteiger charge is 1.94. The van der Waals surface area contributed by atoms with Crippen LogP contribution in [0.2, 0.25) is 0 Å². The van der Waals surface area contributed by atoms with Crippen molar-refractivity contribution in [2.24, 2.45) is 0 Å². The molecule has 0 spiro atoms. The van der Waals surface area contributed by atoms with E-state index in [0.29, 0.717) is 72.5 Å². The van der Waals surface area contributed by atoms with Crippen LogP contribution in [0.3, 0.4) is 0 Å². The Morgan fingerprint density at radius 2 is 0.909 bits per heavy atom. The zero-order valence-corrected chi connectivity index (χ0v) is 27.2. The zero-order chi connectivity index (χ0) is 35.1. The largest absolute Gasteiger partial charge is 0.394 e. The maximum absolute atomic E-state index is 8.62. The molecule has 44 heavy (non-hydrogen) atoms. The van der Waals surface area contributed by atoms with Gasteiger partial charge in [0, 0.05) is 0 Å². The predicted molar refractivity (Wildman–Crippen MR) is 177 cm³/mol. The van der Waals surface area contributed by atoms with Gasteiger partial charge in [-0.25, -0.2) is 0 Å². The Bertz CT molecular complexity index is 505. The quantitative estimate of drug-likeness (QED) is 0.0489. The molecule has 0 aliphatic rings. The molecule has 0 radical (unpaired) electrons. The molecule has 0 heterocycles. The van der Waals surface area contributed by atoms with Gasteiger partial charge in [0.25, 0.3) is 0 Å². The van der Waals surface area contributed by atoms with Crippen LogP contribution in [0.15, 0.2) is 75.9 Å². The summed E-state index contributed by atoms with van der Waals surface area (Å²) in [4.78, 5) is 0. The van der Waals surface area contributed by atoms with Crippen molar-refractivity contribution in [3.05, 3.63) is 75.9 Å². The number of aliphatic hydroxyl groups excluding tert-OH is 6. The highest BCUT2D eigenvalue weighted by Crippen LogP contribution is 1.88. The van der Waals surface area contributed by atoms with Crippen LogP contribution in [0.1, 0.15) is 26.7 Å². The molecule has 12 nitrogen and oxygen atoms in total. The molecule has 0 fully saturated rings. The lowest BCUT2D eigenvalue weighted by atomic mass is 10.3. The van der Waals surface area contributed by atoms with Gasteiger partial charge in [-0.05, 0) is 13.3 Å². The van der Waals surface area contributed by atoms with E-state index in [1.165, 1.54) is 0 Å². The first-order valence-electron chi connectivity index (χ1n) is 14.2. The second-order valence-corrected chi connectivity index (χ2v) is 7.89. The molecule has 12 heteroatoms. The third-order valence-corrected chi connectivity index (χ3v) is 3.35. The predicted octanol–water partition coefficient (Wildman–Crippen LogP) is 1.95. The minimum atomic E-state index is -1.10. The Balaban J connectivity index is -0.0000000994. The molecular formula is C32H64O12. The van der Waals surface area contributed by atoms with Crippen LogP contribution in [0.5, 0.6) is 0 Å². The van der Waals surface area contributed by atoms with E-state index >= 15 is 0 Å². The van der Waals surface area contributed by atoms with E-state index in [0.717, 1.165) is 6.42 Å².